The van der Waals surface area contributed by atoms with E-state index in [1.165, 1.54) is 14.2 Å². The maximum Gasteiger partial charge on any atom is 0.207 e. The van der Waals surface area contributed by atoms with Gasteiger partial charge >= 0.3 is 0 Å². The Morgan fingerprint density at radius 1 is 1.17 bits per heavy atom. The predicted molar refractivity (Wildman–Crippen MR) is 45.6 cm³/mol. The molecule has 0 fully saturated rings. The van der Waals surface area contributed by atoms with Gasteiger partial charge in [-0.15, -0.1) is 0 Å². The van der Waals surface area contributed by atoms with Gasteiger partial charge in [0.15, 0.2) is 5.75 Å². The fraction of sp³-hybridized carbons (Fsp3) is 0.250. The molecule has 1 rings (SSSR count). The van der Waals surface area contributed by atoms with Gasteiger partial charge < -0.3 is 9.62 Å². The molecule has 0 bridgehead atoms. The van der Waals surface area contributed by atoms with E-state index in [-0.39, 0.29) is 0 Å². The zero-order valence-electron chi connectivity index (χ0n) is 6.83. The highest BCUT2D eigenvalue weighted by atomic mass is 35.5. The highest BCUT2D eigenvalue weighted by Crippen LogP contribution is 2.29. The molecule has 12 heavy (non-hydrogen) atoms. The highest BCUT2D eigenvalue weighted by molar-refractivity contribution is 6.30. The van der Waals surface area contributed by atoms with Crippen molar-refractivity contribution >= 4 is 11.6 Å². The fourth-order valence-corrected chi connectivity index (χ4v) is 0.962. The second-order valence-corrected chi connectivity index (χ2v) is 2.48. The van der Waals surface area contributed by atoms with Gasteiger partial charge in [-0.25, -0.2) is 0 Å². The van der Waals surface area contributed by atoms with E-state index in [0.29, 0.717) is 16.5 Å². The van der Waals surface area contributed by atoms with Crippen molar-refractivity contribution in [3.05, 3.63) is 23.2 Å². The molecule has 0 aliphatic heterocycles. The van der Waals surface area contributed by atoms with Crippen LogP contribution in [0.15, 0.2) is 18.2 Å². The van der Waals surface area contributed by atoms with Gasteiger partial charge in [0.25, 0.3) is 0 Å². The van der Waals surface area contributed by atoms with E-state index in [0.717, 1.165) is 0 Å². The number of ether oxygens (including phenoxy) is 1. The van der Waals surface area contributed by atoms with E-state index in [9.17, 15) is 0 Å². The van der Waals surface area contributed by atoms with E-state index >= 15 is 0 Å². The lowest BCUT2D eigenvalue weighted by molar-refractivity contribution is -0.179. The Bertz CT molecular complexity index is 262. The molecule has 4 heteroatoms. The van der Waals surface area contributed by atoms with Gasteiger partial charge in [0.05, 0.1) is 14.2 Å². The second kappa shape index (κ2) is 4.18. The molecule has 0 amide bonds. The quantitative estimate of drug-likeness (QED) is 0.538. The molecule has 3 nitrogen and oxygen atoms in total. The molecule has 0 aliphatic rings. The zero-order valence-corrected chi connectivity index (χ0v) is 7.59. The number of benzene rings is 1. The summed E-state index contributed by atoms with van der Waals surface area (Å²) >= 11 is 5.72. The maximum absolute atomic E-state index is 5.72. The summed E-state index contributed by atoms with van der Waals surface area (Å²) in [6, 6.07) is 5.01. The monoisotopic (exact) mass is 188 g/mol. The van der Waals surface area contributed by atoms with Gasteiger partial charge in [0.1, 0.15) is 0 Å². The highest BCUT2D eigenvalue weighted by Gasteiger charge is 2.04. The third-order valence-electron chi connectivity index (χ3n) is 1.30. The first-order valence-electron chi connectivity index (χ1n) is 3.32. The van der Waals surface area contributed by atoms with Crippen molar-refractivity contribution in [2.24, 2.45) is 0 Å². The predicted octanol–water partition coefficient (Wildman–Crippen LogP) is 2.29. The Morgan fingerprint density at radius 3 is 2.50 bits per heavy atom. The SMILES string of the molecule is COOc1ccc(Cl)cc1OC. The van der Waals surface area contributed by atoms with Gasteiger partial charge in [-0.1, -0.05) is 11.6 Å². The molecule has 0 aromatic heterocycles. The summed E-state index contributed by atoms with van der Waals surface area (Å²) in [7, 11) is 2.96. The molecule has 0 radical (unpaired) electrons. The Morgan fingerprint density at radius 2 is 1.92 bits per heavy atom. The van der Waals surface area contributed by atoms with Crippen molar-refractivity contribution in [1.29, 1.82) is 0 Å². The fourth-order valence-electron chi connectivity index (χ4n) is 0.800. The summed E-state index contributed by atoms with van der Waals surface area (Å²) in [6.07, 6.45) is 0. The standard InChI is InChI=1S/C8H9ClO3/c1-10-8-5-6(9)3-4-7(8)12-11-2/h3-5H,1-2H3. The van der Waals surface area contributed by atoms with Gasteiger partial charge in [-0.05, 0) is 12.1 Å². The smallest absolute Gasteiger partial charge is 0.207 e. The van der Waals surface area contributed by atoms with Crippen LogP contribution in [-0.4, -0.2) is 14.2 Å². The summed E-state index contributed by atoms with van der Waals surface area (Å²) in [5.41, 5.74) is 0. The van der Waals surface area contributed by atoms with Crippen LogP contribution >= 0.6 is 11.6 Å². The molecule has 0 spiro atoms. The minimum absolute atomic E-state index is 0.504. The average molecular weight is 189 g/mol. The van der Waals surface area contributed by atoms with E-state index in [1.807, 2.05) is 0 Å². The van der Waals surface area contributed by atoms with Crippen molar-refractivity contribution in [3.8, 4) is 11.5 Å². The van der Waals surface area contributed by atoms with Crippen molar-refractivity contribution in [1.82, 2.24) is 0 Å². The van der Waals surface area contributed by atoms with Crippen molar-refractivity contribution < 1.29 is 14.5 Å². The van der Waals surface area contributed by atoms with Crippen LogP contribution in [0.4, 0.5) is 0 Å². The Hall–Kier alpha value is -0.930. The molecule has 1 aromatic rings. The molecule has 0 heterocycles. The molecular weight excluding hydrogens is 180 g/mol. The normalized spacial score (nSPS) is 9.58. The summed E-state index contributed by atoms with van der Waals surface area (Å²) < 4.78 is 4.99. The van der Waals surface area contributed by atoms with Crippen molar-refractivity contribution in [3.63, 3.8) is 0 Å². The summed E-state index contributed by atoms with van der Waals surface area (Å²) in [6.45, 7) is 0. The van der Waals surface area contributed by atoms with Crippen LogP contribution in [0.2, 0.25) is 5.02 Å². The molecular formula is C8H9ClO3. The molecule has 0 atom stereocenters. The Labute approximate surface area is 75.7 Å². The lowest BCUT2D eigenvalue weighted by Gasteiger charge is -2.06. The first-order chi connectivity index (χ1) is 5.77. The molecule has 1 aromatic carbocycles. The first-order valence-corrected chi connectivity index (χ1v) is 3.70. The van der Waals surface area contributed by atoms with Crippen molar-refractivity contribution in [2.75, 3.05) is 14.2 Å². The van der Waals surface area contributed by atoms with E-state index < -0.39 is 0 Å². The van der Waals surface area contributed by atoms with Crippen LogP contribution in [0.25, 0.3) is 0 Å². The Balaban J connectivity index is 2.94. The number of hydrogen-bond acceptors (Lipinski definition) is 3. The largest absolute Gasteiger partial charge is 0.493 e. The second-order valence-electron chi connectivity index (χ2n) is 2.05. The minimum atomic E-state index is 0.504. The molecule has 0 N–H and O–H groups in total. The van der Waals surface area contributed by atoms with E-state index in [1.54, 1.807) is 18.2 Å². The number of hydrogen-bond donors (Lipinski definition) is 0. The number of halogens is 1. The van der Waals surface area contributed by atoms with Crippen LogP contribution in [-0.2, 0) is 4.89 Å². The first kappa shape index (κ1) is 9.16. The summed E-state index contributed by atoms with van der Waals surface area (Å²) in [5.74, 6) is 1.05. The van der Waals surface area contributed by atoms with Crippen LogP contribution < -0.4 is 9.62 Å². The lowest BCUT2D eigenvalue weighted by Crippen LogP contribution is -1.93. The average Bonchev–Trinajstić information content (AvgIpc) is 2.08. The van der Waals surface area contributed by atoms with Gasteiger partial charge in [0.2, 0.25) is 5.75 Å². The number of methoxy groups -OCH3 is 1. The van der Waals surface area contributed by atoms with Crippen LogP contribution in [0.1, 0.15) is 0 Å². The Kier molecular flexibility index (Phi) is 3.19. The third kappa shape index (κ3) is 2.03. The third-order valence-corrected chi connectivity index (χ3v) is 1.53. The van der Waals surface area contributed by atoms with E-state index in [4.69, 9.17) is 21.2 Å². The van der Waals surface area contributed by atoms with Gasteiger partial charge in [-0.2, -0.15) is 4.89 Å². The minimum Gasteiger partial charge on any atom is -0.493 e. The summed E-state index contributed by atoms with van der Waals surface area (Å²) in [4.78, 5) is 9.29. The molecule has 0 unspecified atom stereocenters. The van der Waals surface area contributed by atoms with Crippen LogP contribution in [0.5, 0.6) is 11.5 Å². The molecule has 0 saturated carbocycles. The molecule has 66 valence electrons. The lowest BCUT2D eigenvalue weighted by atomic mass is 10.3. The van der Waals surface area contributed by atoms with Crippen molar-refractivity contribution in [2.45, 2.75) is 0 Å². The number of rotatable bonds is 3. The molecule has 0 aliphatic carbocycles. The van der Waals surface area contributed by atoms with Gasteiger partial charge in [0, 0.05) is 11.1 Å². The molecule has 0 saturated heterocycles. The van der Waals surface area contributed by atoms with Crippen LogP contribution in [0, 0.1) is 0 Å². The van der Waals surface area contributed by atoms with E-state index in [2.05, 4.69) is 4.89 Å². The zero-order chi connectivity index (χ0) is 8.97. The van der Waals surface area contributed by atoms with Crippen LogP contribution in [0.3, 0.4) is 0 Å². The topological polar surface area (TPSA) is 27.7 Å². The van der Waals surface area contributed by atoms with Gasteiger partial charge in [-0.3, -0.25) is 0 Å². The maximum atomic E-state index is 5.72. The summed E-state index contributed by atoms with van der Waals surface area (Å²) in [5, 5.41) is 0.593.